The SMILES string of the molecule is Fc1cccc(N(c2ccc(-c3ccc(N(c4cccc(F)c4)c4ccc5c(c4)c4ccccc4n5-c4ccc(F)cc4F)cc3)cc2)c2ccc3c(c2)c2ccccc2n3-c2ccc(F)cc2F)c1. The minimum Gasteiger partial charge on any atom is -0.310 e. The predicted molar refractivity (Wildman–Crippen MR) is 270 cm³/mol. The summed E-state index contributed by atoms with van der Waals surface area (Å²) < 4.78 is 92.2. The van der Waals surface area contributed by atoms with Gasteiger partial charge in [0.25, 0.3) is 0 Å². The summed E-state index contributed by atoms with van der Waals surface area (Å²) in [5.41, 5.74) is 9.37. The van der Waals surface area contributed by atoms with E-state index in [1.54, 1.807) is 21.3 Å². The summed E-state index contributed by atoms with van der Waals surface area (Å²) in [5, 5.41) is 3.39. The molecule has 2 heterocycles. The molecule has 0 aliphatic carbocycles. The van der Waals surface area contributed by atoms with Gasteiger partial charge in [0, 0.05) is 67.8 Å². The first kappa shape index (κ1) is 42.3. The van der Waals surface area contributed by atoms with Crippen molar-refractivity contribution in [1.82, 2.24) is 9.13 Å². The maximum Gasteiger partial charge on any atom is 0.150 e. The van der Waals surface area contributed by atoms with Gasteiger partial charge in [-0.15, -0.1) is 0 Å². The Morgan fingerprint density at radius 2 is 0.614 bits per heavy atom. The normalized spacial score (nSPS) is 11.6. The van der Waals surface area contributed by atoms with Crippen LogP contribution in [0.4, 0.5) is 60.5 Å². The third kappa shape index (κ3) is 7.28. The number of hydrogen-bond acceptors (Lipinski definition) is 2. The van der Waals surface area contributed by atoms with E-state index in [2.05, 4.69) is 0 Å². The summed E-state index contributed by atoms with van der Waals surface area (Å²) in [6.07, 6.45) is 0. The zero-order valence-electron chi connectivity index (χ0n) is 36.8. The molecule has 0 radical (unpaired) electrons. The fraction of sp³-hybridized carbons (Fsp3) is 0. The third-order valence-electron chi connectivity index (χ3n) is 12.8. The van der Waals surface area contributed by atoms with Crippen LogP contribution in [0.2, 0.25) is 0 Å². The standard InChI is InChI=1S/C60H36F6N4/c61-39-7-5-9-45(31-39)67(47-25-29-57-51(35-47)49-11-1-3-13-55(49)69(57)59-27-19-41(63)33-53(59)65)43-21-15-37(16-22-43)38-17-23-44(24-18-38)68(46-10-6-8-40(62)32-46)48-26-30-58-52(36-48)50-12-2-4-14-56(50)70(58)60-28-20-42(64)34-54(60)66/h1-36H. The van der Waals surface area contributed by atoms with Gasteiger partial charge in [0.15, 0.2) is 0 Å². The Balaban J connectivity index is 0.915. The summed E-state index contributed by atoms with van der Waals surface area (Å²) in [5.74, 6) is -3.50. The lowest BCUT2D eigenvalue weighted by atomic mass is 10.0. The van der Waals surface area contributed by atoms with E-state index in [0.717, 1.165) is 89.6 Å². The Hall–Kier alpha value is -9.02. The van der Waals surface area contributed by atoms with Gasteiger partial charge < -0.3 is 18.9 Å². The van der Waals surface area contributed by atoms with Crippen molar-refractivity contribution < 1.29 is 26.3 Å². The first-order chi connectivity index (χ1) is 34.2. The molecule has 338 valence electrons. The van der Waals surface area contributed by atoms with E-state index >= 15 is 8.78 Å². The number of para-hydroxylation sites is 2. The second-order valence-electron chi connectivity index (χ2n) is 17.0. The molecule has 2 aromatic heterocycles. The first-order valence-corrected chi connectivity index (χ1v) is 22.5. The van der Waals surface area contributed by atoms with Gasteiger partial charge in [-0.05, 0) is 145 Å². The molecule has 12 aromatic rings. The molecule has 0 amide bonds. The largest absolute Gasteiger partial charge is 0.310 e. The van der Waals surface area contributed by atoms with E-state index in [1.165, 1.54) is 48.5 Å². The van der Waals surface area contributed by atoms with E-state index in [4.69, 9.17) is 0 Å². The van der Waals surface area contributed by atoms with Crippen LogP contribution >= 0.6 is 0 Å². The summed E-state index contributed by atoms with van der Waals surface area (Å²) in [4.78, 5) is 3.92. The second-order valence-corrected chi connectivity index (χ2v) is 17.0. The molecule has 0 saturated heterocycles. The van der Waals surface area contributed by atoms with E-state index in [1.807, 2.05) is 155 Å². The van der Waals surface area contributed by atoms with Crippen LogP contribution in [0.1, 0.15) is 0 Å². The molecule has 0 aliphatic heterocycles. The summed E-state index contributed by atoms with van der Waals surface area (Å²) in [7, 11) is 0. The highest BCUT2D eigenvalue weighted by Gasteiger charge is 2.22. The van der Waals surface area contributed by atoms with E-state index < -0.39 is 34.9 Å². The highest BCUT2D eigenvalue weighted by molar-refractivity contribution is 6.12. The maximum atomic E-state index is 15.3. The maximum absolute atomic E-state index is 15.3. The van der Waals surface area contributed by atoms with Gasteiger partial charge in [-0.25, -0.2) is 26.3 Å². The predicted octanol–water partition coefficient (Wildman–Crippen LogP) is 17.3. The van der Waals surface area contributed by atoms with Crippen molar-refractivity contribution in [2.24, 2.45) is 0 Å². The zero-order chi connectivity index (χ0) is 47.6. The number of hydrogen-bond donors (Lipinski definition) is 0. The fourth-order valence-corrected chi connectivity index (χ4v) is 9.78. The lowest BCUT2D eigenvalue weighted by molar-refractivity contribution is 0.578. The van der Waals surface area contributed by atoms with Gasteiger partial charge in [0.1, 0.15) is 34.9 Å². The van der Waals surface area contributed by atoms with Crippen molar-refractivity contribution in [3.8, 4) is 22.5 Å². The number of anilines is 6. The molecule has 0 bridgehead atoms. The molecular weight excluding hydrogens is 891 g/mol. The van der Waals surface area contributed by atoms with Crippen molar-refractivity contribution in [1.29, 1.82) is 0 Å². The van der Waals surface area contributed by atoms with Crippen LogP contribution in [0, 0.1) is 34.9 Å². The van der Waals surface area contributed by atoms with Crippen molar-refractivity contribution in [2.75, 3.05) is 9.80 Å². The van der Waals surface area contributed by atoms with E-state index in [0.29, 0.717) is 11.4 Å². The smallest absolute Gasteiger partial charge is 0.150 e. The Kier molecular flexibility index (Phi) is 10.2. The molecule has 12 rings (SSSR count). The van der Waals surface area contributed by atoms with Crippen molar-refractivity contribution >= 4 is 77.7 Å². The molecule has 10 aromatic carbocycles. The molecule has 4 nitrogen and oxygen atoms in total. The highest BCUT2D eigenvalue weighted by Crippen LogP contribution is 2.43. The molecule has 70 heavy (non-hydrogen) atoms. The van der Waals surface area contributed by atoms with Gasteiger partial charge in [-0.1, -0.05) is 72.8 Å². The van der Waals surface area contributed by atoms with Crippen LogP contribution < -0.4 is 9.80 Å². The lowest BCUT2D eigenvalue weighted by Crippen LogP contribution is -2.10. The average Bonchev–Trinajstić information content (AvgIpc) is 3.87. The van der Waals surface area contributed by atoms with Gasteiger partial charge in [-0.3, -0.25) is 0 Å². The highest BCUT2D eigenvalue weighted by atomic mass is 19.2. The topological polar surface area (TPSA) is 16.3 Å². The van der Waals surface area contributed by atoms with Crippen molar-refractivity contribution in [2.45, 2.75) is 0 Å². The third-order valence-corrected chi connectivity index (χ3v) is 12.8. The molecule has 0 aliphatic rings. The summed E-state index contributed by atoms with van der Waals surface area (Å²) in [6, 6.07) is 62.6. The Morgan fingerprint density at radius 3 is 1.01 bits per heavy atom. The van der Waals surface area contributed by atoms with E-state index in [-0.39, 0.29) is 11.4 Å². The number of benzene rings is 10. The zero-order valence-corrected chi connectivity index (χ0v) is 36.8. The lowest BCUT2D eigenvalue weighted by Gasteiger charge is -2.26. The minimum absolute atomic E-state index is 0.219. The van der Waals surface area contributed by atoms with Crippen LogP contribution in [0.15, 0.2) is 218 Å². The van der Waals surface area contributed by atoms with Gasteiger partial charge in [0.05, 0.1) is 33.4 Å². The van der Waals surface area contributed by atoms with Crippen LogP contribution in [0.3, 0.4) is 0 Å². The number of rotatable bonds is 9. The first-order valence-electron chi connectivity index (χ1n) is 22.5. The number of nitrogens with zero attached hydrogens (tertiary/aromatic N) is 4. The molecule has 0 unspecified atom stereocenters. The van der Waals surface area contributed by atoms with Crippen molar-refractivity contribution in [3.05, 3.63) is 253 Å². The molecule has 0 N–H and O–H groups in total. The number of aromatic nitrogens is 2. The Bertz CT molecular complexity index is 3730. The quantitative estimate of drug-likeness (QED) is 0.134. The average molecular weight is 927 g/mol. The Morgan fingerprint density at radius 1 is 0.257 bits per heavy atom. The minimum atomic E-state index is -0.686. The Labute approximate surface area is 397 Å². The van der Waals surface area contributed by atoms with Crippen LogP contribution in [-0.4, -0.2) is 9.13 Å². The van der Waals surface area contributed by atoms with Crippen LogP contribution in [0.25, 0.3) is 66.1 Å². The van der Waals surface area contributed by atoms with Gasteiger partial charge >= 0.3 is 0 Å². The van der Waals surface area contributed by atoms with Crippen LogP contribution in [0.5, 0.6) is 0 Å². The summed E-state index contributed by atoms with van der Waals surface area (Å²) in [6.45, 7) is 0. The molecular formula is C60H36F6N4. The monoisotopic (exact) mass is 926 g/mol. The molecule has 0 fully saturated rings. The number of halogens is 6. The van der Waals surface area contributed by atoms with E-state index in [9.17, 15) is 17.6 Å². The fourth-order valence-electron chi connectivity index (χ4n) is 9.78. The molecule has 0 atom stereocenters. The number of fused-ring (bicyclic) bond motifs is 6. The van der Waals surface area contributed by atoms with Crippen molar-refractivity contribution in [3.63, 3.8) is 0 Å². The van der Waals surface area contributed by atoms with Gasteiger partial charge in [0.2, 0.25) is 0 Å². The summed E-state index contributed by atoms with van der Waals surface area (Å²) >= 11 is 0. The molecule has 10 heteroatoms. The second kappa shape index (κ2) is 16.9. The molecule has 0 spiro atoms. The van der Waals surface area contributed by atoms with Crippen LogP contribution in [-0.2, 0) is 0 Å². The van der Waals surface area contributed by atoms with Gasteiger partial charge in [-0.2, -0.15) is 0 Å². The molecule has 0 saturated carbocycles.